The molecular formula is C14H18N2. The highest BCUT2D eigenvalue weighted by Gasteiger charge is 2.09. The van der Waals surface area contributed by atoms with Crippen LogP contribution < -0.4 is 0 Å². The van der Waals surface area contributed by atoms with Crippen molar-refractivity contribution in [1.82, 2.24) is 0 Å². The van der Waals surface area contributed by atoms with Crippen LogP contribution in [0.2, 0.25) is 0 Å². The zero-order chi connectivity index (χ0) is 11.1. The summed E-state index contributed by atoms with van der Waals surface area (Å²) in [6, 6.07) is 13.2. The fourth-order valence-electron chi connectivity index (χ4n) is 2.06. The number of para-hydroxylation sites is 1. The monoisotopic (exact) mass is 214 g/mol. The summed E-state index contributed by atoms with van der Waals surface area (Å²) < 4.78 is 0. The lowest BCUT2D eigenvalue weighted by Crippen LogP contribution is -2.00. The van der Waals surface area contributed by atoms with Gasteiger partial charge in [0.1, 0.15) is 0 Å². The summed E-state index contributed by atoms with van der Waals surface area (Å²) in [5.41, 5.74) is 0.930. The summed E-state index contributed by atoms with van der Waals surface area (Å²) in [5.74, 6) is 0. The number of rotatable bonds is 2. The Balaban J connectivity index is 1.94. The molecule has 2 rings (SSSR count). The predicted octanol–water partition coefficient (Wildman–Crippen LogP) is 4.21. The second-order valence-corrected chi connectivity index (χ2v) is 4.32. The highest BCUT2D eigenvalue weighted by Crippen LogP contribution is 2.19. The molecule has 16 heavy (non-hydrogen) atoms. The van der Waals surface area contributed by atoms with Crippen molar-refractivity contribution in [1.29, 1.82) is 0 Å². The number of nitrogens with zero attached hydrogens (tertiary/aromatic N) is 2. The van der Waals surface area contributed by atoms with Crippen LogP contribution in [-0.4, -0.2) is 12.1 Å². The van der Waals surface area contributed by atoms with Crippen LogP contribution >= 0.6 is 0 Å². The smallest absolute Gasteiger partial charge is 0.0951 e. The first kappa shape index (κ1) is 11.1. The zero-order valence-electron chi connectivity index (χ0n) is 9.60. The Hall–Kier alpha value is -1.40. The van der Waals surface area contributed by atoms with Gasteiger partial charge in [-0.3, -0.25) is 0 Å². The third kappa shape index (κ3) is 3.63. The fraction of sp³-hybridized carbons (Fsp3) is 0.500. The van der Waals surface area contributed by atoms with Gasteiger partial charge in [0.05, 0.1) is 17.7 Å². The van der Waals surface area contributed by atoms with E-state index in [-0.39, 0.29) is 0 Å². The lowest BCUT2D eigenvalue weighted by Gasteiger charge is -2.03. The minimum atomic E-state index is 0.454. The lowest BCUT2D eigenvalue weighted by atomic mass is 10.1. The van der Waals surface area contributed by atoms with E-state index >= 15 is 0 Å². The summed E-state index contributed by atoms with van der Waals surface area (Å²) in [6.45, 7) is 0. The summed E-state index contributed by atoms with van der Waals surface area (Å²) >= 11 is 0. The van der Waals surface area contributed by atoms with Crippen molar-refractivity contribution < 1.29 is 0 Å². The van der Waals surface area contributed by atoms with Gasteiger partial charge in [0.2, 0.25) is 0 Å². The van der Waals surface area contributed by atoms with Crippen LogP contribution in [-0.2, 0) is 0 Å². The third-order valence-electron chi connectivity index (χ3n) is 3.00. The van der Waals surface area contributed by atoms with E-state index in [1.54, 1.807) is 0 Å². The Kier molecular flexibility index (Phi) is 4.33. The van der Waals surface area contributed by atoms with E-state index in [1.165, 1.54) is 38.5 Å². The molecule has 0 radical (unpaired) electrons. The molecular weight excluding hydrogens is 196 g/mol. The van der Waals surface area contributed by atoms with Gasteiger partial charge in [0, 0.05) is 0 Å². The Morgan fingerprint density at radius 3 is 2.31 bits per heavy atom. The summed E-state index contributed by atoms with van der Waals surface area (Å²) in [7, 11) is 0. The maximum Gasteiger partial charge on any atom is 0.0951 e. The first-order valence-electron chi connectivity index (χ1n) is 6.16. The molecule has 1 aromatic carbocycles. The molecule has 0 spiro atoms. The molecule has 0 atom stereocenters. The third-order valence-corrected chi connectivity index (χ3v) is 3.00. The van der Waals surface area contributed by atoms with E-state index in [9.17, 15) is 0 Å². The normalized spacial score (nSPS) is 17.2. The van der Waals surface area contributed by atoms with Crippen LogP contribution in [0.5, 0.6) is 0 Å². The SMILES string of the molecule is C(=Nc1ccccc1)=NC1CCCCCC1. The van der Waals surface area contributed by atoms with Crippen molar-refractivity contribution in [3.63, 3.8) is 0 Å². The molecule has 1 fully saturated rings. The van der Waals surface area contributed by atoms with Crippen molar-refractivity contribution in [2.24, 2.45) is 9.98 Å². The molecule has 0 unspecified atom stereocenters. The average Bonchev–Trinajstić information content (AvgIpc) is 2.59. The van der Waals surface area contributed by atoms with Crippen LogP contribution in [0.15, 0.2) is 40.3 Å². The van der Waals surface area contributed by atoms with Gasteiger partial charge in [0.15, 0.2) is 0 Å². The Bertz CT molecular complexity index is 356. The topological polar surface area (TPSA) is 24.7 Å². The Labute approximate surface area is 97.1 Å². The predicted molar refractivity (Wildman–Crippen MR) is 67.5 cm³/mol. The van der Waals surface area contributed by atoms with Gasteiger partial charge in [-0.2, -0.15) is 4.99 Å². The van der Waals surface area contributed by atoms with Gasteiger partial charge >= 0.3 is 0 Å². The summed E-state index contributed by atoms with van der Waals surface area (Å²) in [4.78, 5) is 8.64. The standard InChI is InChI=1S/C14H18N2/c1-2-5-9-13(8-4-1)15-12-16-14-10-6-3-7-11-14/h3,6-7,10-11,13H,1-2,4-5,8-9H2. The minimum Gasteiger partial charge on any atom is -0.222 e. The lowest BCUT2D eigenvalue weighted by molar-refractivity contribution is 0.588. The first-order chi connectivity index (χ1) is 7.95. The molecule has 0 amide bonds. The number of aliphatic imine (C=N–C) groups is 2. The molecule has 0 heterocycles. The maximum absolute atomic E-state index is 4.42. The van der Waals surface area contributed by atoms with Crippen molar-refractivity contribution in [3.05, 3.63) is 30.3 Å². The summed E-state index contributed by atoms with van der Waals surface area (Å²) in [6.07, 6.45) is 7.75. The quantitative estimate of drug-likeness (QED) is 0.520. The van der Waals surface area contributed by atoms with E-state index in [1.807, 2.05) is 30.3 Å². The fourth-order valence-corrected chi connectivity index (χ4v) is 2.06. The van der Waals surface area contributed by atoms with Gasteiger partial charge in [-0.05, 0) is 25.0 Å². The molecule has 1 aromatic rings. The number of hydrogen-bond acceptors (Lipinski definition) is 2. The van der Waals surface area contributed by atoms with Crippen molar-refractivity contribution in [2.45, 2.75) is 44.6 Å². The highest BCUT2D eigenvalue weighted by molar-refractivity contribution is 5.52. The van der Waals surface area contributed by atoms with E-state index in [2.05, 4.69) is 16.0 Å². The molecule has 0 bridgehead atoms. The summed E-state index contributed by atoms with van der Waals surface area (Å²) in [5, 5.41) is 0. The zero-order valence-corrected chi connectivity index (χ0v) is 9.60. The van der Waals surface area contributed by atoms with Gasteiger partial charge in [0.25, 0.3) is 0 Å². The number of benzene rings is 1. The van der Waals surface area contributed by atoms with E-state index < -0.39 is 0 Å². The van der Waals surface area contributed by atoms with Crippen LogP contribution in [0.1, 0.15) is 38.5 Å². The number of hydrogen-bond donors (Lipinski definition) is 0. The van der Waals surface area contributed by atoms with E-state index in [0.717, 1.165) is 5.69 Å². The molecule has 0 saturated heterocycles. The van der Waals surface area contributed by atoms with Crippen LogP contribution in [0, 0.1) is 0 Å². The molecule has 0 aromatic heterocycles. The average molecular weight is 214 g/mol. The van der Waals surface area contributed by atoms with E-state index in [0.29, 0.717) is 6.04 Å². The second-order valence-electron chi connectivity index (χ2n) is 4.32. The maximum atomic E-state index is 4.42. The molecule has 0 N–H and O–H groups in total. The van der Waals surface area contributed by atoms with E-state index in [4.69, 9.17) is 0 Å². The van der Waals surface area contributed by atoms with Gasteiger partial charge < -0.3 is 0 Å². The molecule has 0 aliphatic heterocycles. The van der Waals surface area contributed by atoms with Crippen molar-refractivity contribution in [3.8, 4) is 0 Å². The molecule has 1 saturated carbocycles. The highest BCUT2D eigenvalue weighted by atomic mass is 14.8. The van der Waals surface area contributed by atoms with Gasteiger partial charge in [-0.1, -0.05) is 43.9 Å². The molecule has 84 valence electrons. The molecule has 1 aliphatic rings. The van der Waals surface area contributed by atoms with Gasteiger partial charge in [-0.25, -0.2) is 4.99 Å². The molecule has 2 heteroatoms. The van der Waals surface area contributed by atoms with Crippen LogP contribution in [0.25, 0.3) is 0 Å². The minimum absolute atomic E-state index is 0.454. The molecule has 1 aliphatic carbocycles. The van der Waals surface area contributed by atoms with Crippen LogP contribution in [0.3, 0.4) is 0 Å². The first-order valence-corrected chi connectivity index (χ1v) is 6.16. The molecule has 2 nitrogen and oxygen atoms in total. The Morgan fingerprint density at radius 1 is 0.938 bits per heavy atom. The van der Waals surface area contributed by atoms with Crippen LogP contribution in [0.4, 0.5) is 5.69 Å². The van der Waals surface area contributed by atoms with Gasteiger partial charge in [-0.15, -0.1) is 0 Å². The largest absolute Gasteiger partial charge is 0.222 e. The second kappa shape index (κ2) is 6.24. The van der Waals surface area contributed by atoms with Crippen molar-refractivity contribution in [2.75, 3.05) is 0 Å². The Morgan fingerprint density at radius 2 is 1.62 bits per heavy atom. The van der Waals surface area contributed by atoms with Crippen molar-refractivity contribution >= 4 is 11.7 Å².